The zero-order valence-electron chi connectivity index (χ0n) is 11.2. The molecule has 0 saturated heterocycles. The summed E-state index contributed by atoms with van der Waals surface area (Å²) in [7, 11) is 1.88. The summed E-state index contributed by atoms with van der Waals surface area (Å²) in [6.07, 6.45) is 3.77. The molecule has 0 saturated carbocycles. The average Bonchev–Trinajstić information content (AvgIpc) is 2.76. The SMILES string of the molecule is CCOc1ccc(C)cc1CCc1cn(C)nn1. The van der Waals surface area contributed by atoms with E-state index in [0.717, 1.165) is 24.3 Å². The predicted molar refractivity (Wildman–Crippen MR) is 70.8 cm³/mol. The van der Waals surface area contributed by atoms with E-state index in [1.54, 1.807) is 4.68 Å². The molecule has 0 aliphatic rings. The minimum atomic E-state index is 0.696. The fourth-order valence-electron chi connectivity index (χ4n) is 1.97. The van der Waals surface area contributed by atoms with E-state index < -0.39 is 0 Å². The summed E-state index contributed by atoms with van der Waals surface area (Å²) in [5, 5.41) is 8.04. The number of rotatable bonds is 5. The molecule has 0 bridgehead atoms. The number of ether oxygens (including phenoxy) is 1. The molecular weight excluding hydrogens is 226 g/mol. The second kappa shape index (κ2) is 5.67. The molecule has 0 N–H and O–H groups in total. The molecule has 0 aliphatic carbocycles. The first kappa shape index (κ1) is 12.6. The highest BCUT2D eigenvalue weighted by Crippen LogP contribution is 2.21. The van der Waals surface area contributed by atoms with Crippen molar-refractivity contribution in [2.75, 3.05) is 6.61 Å². The van der Waals surface area contributed by atoms with Gasteiger partial charge < -0.3 is 4.74 Å². The van der Waals surface area contributed by atoms with Crippen molar-refractivity contribution in [3.8, 4) is 5.75 Å². The molecule has 18 heavy (non-hydrogen) atoms. The number of hydrogen-bond acceptors (Lipinski definition) is 3. The standard InChI is InChI=1S/C14H19N3O/c1-4-18-14-8-5-11(2)9-12(14)6-7-13-10-17(3)16-15-13/h5,8-10H,4,6-7H2,1-3H3. The second-order valence-electron chi connectivity index (χ2n) is 4.43. The predicted octanol–water partition coefficient (Wildman–Crippen LogP) is 2.31. The van der Waals surface area contributed by atoms with Gasteiger partial charge in [0, 0.05) is 13.2 Å². The highest BCUT2D eigenvalue weighted by Gasteiger charge is 2.06. The Bertz CT molecular complexity index is 520. The van der Waals surface area contributed by atoms with Gasteiger partial charge in [0.1, 0.15) is 5.75 Å². The van der Waals surface area contributed by atoms with Crippen LogP contribution in [-0.2, 0) is 19.9 Å². The number of nitrogens with zero attached hydrogens (tertiary/aromatic N) is 3. The van der Waals surface area contributed by atoms with Crippen LogP contribution in [0.5, 0.6) is 5.75 Å². The summed E-state index contributed by atoms with van der Waals surface area (Å²) >= 11 is 0. The lowest BCUT2D eigenvalue weighted by atomic mass is 10.0. The third-order valence-electron chi connectivity index (χ3n) is 2.82. The Kier molecular flexibility index (Phi) is 3.97. The lowest BCUT2D eigenvalue weighted by molar-refractivity contribution is 0.336. The van der Waals surface area contributed by atoms with Crippen LogP contribution in [0.15, 0.2) is 24.4 Å². The summed E-state index contributed by atoms with van der Waals surface area (Å²) < 4.78 is 7.38. The van der Waals surface area contributed by atoms with E-state index >= 15 is 0 Å². The number of aryl methyl sites for hydroxylation is 4. The van der Waals surface area contributed by atoms with Crippen molar-refractivity contribution in [2.45, 2.75) is 26.7 Å². The highest BCUT2D eigenvalue weighted by atomic mass is 16.5. The molecule has 0 atom stereocenters. The quantitative estimate of drug-likeness (QED) is 0.811. The molecule has 0 spiro atoms. The van der Waals surface area contributed by atoms with Gasteiger partial charge in [-0.05, 0) is 38.3 Å². The Morgan fingerprint density at radius 2 is 2.11 bits per heavy atom. The van der Waals surface area contributed by atoms with Gasteiger partial charge in [-0.15, -0.1) is 5.10 Å². The molecule has 2 aromatic rings. The molecule has 4 nitrogen and oxygen atoms in total. The zero-order chi connectivity index (χ0) is 13.0. The lowest BCUT2D eigenvalue weighted by Gasteiger charge is -2.10. The number of hydrogen-bond donors (Lipinski definition) is 0. The molecule has 0 radical (unpaired) electrons. The van der Waals surface area contributed by atoms with Crippen LogP contribution < -0.4 is 4.74 Å². The van der Waals surface area contributed by atoms with Gasteiger partial charge in [0.25, 0.3) is 0 Å². The topological polar surface area (TPSA) is 39.9 Å². The van der Waals surface area contributed by atoms with E-state index in [2.05, 4.69) is 29.4 Å². The fourth-order valence-corrected chi connectivity index (χ4v) is 1.97. The van der Waals surface area contributed by atoms with Gasteiger partial charge in [-0.2, -0.15) is 0 Å². The first-order valence-corrected chi connectivity index (χ1v) is 6.26. The third-order valence-corrected chi connectivity index (χ3v) is 2.82. The van der Waals surface area contributed by atoms with Crippen LogP contribution in [0.4, 0.5) is 0 Å². The Balaban J connectivity index is 2.09. The van der Waals surface area contributed by atoms with Gasteiger partial charge in [0.05, 0.1) is 12.3 Å². The number of benzene rings is 1. The van der Waals surface area contributed by atoms with Gasteiger partial charge in [0.2, 0.25) is 0 Å². The maximum Gasteiger partial charge on any atom is 0.122 e. The molecule has 1 aromatic heterocycles. The summed E-state index contributed by atoms with van der Waals surface area (Å²) in [5.74, 6) is 0.979. The van der Waals surface area contributed by atoms with Gasteiger partial charge in [0.15, 0.2) is 0 Å². The smallest absolute Gasteiger partial charge is 0.122 e. The minimum absolute atomic E-state index is 0.696. The van der Waals surface area contributed by atoms with Crippen molar-refractivity contribution < 1.29 is 4.74 Å². The van der Waals surface area contributed by atoms with Gasteiger partial charge in [-0.25, -0.2) is 0 Å². The lowest BCUT2D eigenvalue weighted by Crippen LogP contribution is -1.99. The molecule has 1 aromatic carbocycles. The monoisotopic (exact) mass is 245 g/mol. The molecule has 1 heterocycles. The Hall–Kier alpha value is -1.84. The fraction of sp³-hybridized carbons (Fsp3) is 0.429. The molecule has 0 fully saturated rings. The van der Waals surface area contributed by atoms with Crippen LogP contribution in [0.2, 0.25) is 0 Å². The molecule has 0 unspecified atom stereocenters. The van der Waals surface area contributed by atoms with Crippen molar-refractivity contribution in [3.63, 3.8) is 0 Å². The molecule has 96 valence electrons. The van der Waals surface area contributed by atoms with Crippen molar-refractivity contribution in [1.82, 2.24) is 15.0 Å². The van der Waals surface area contributed by atoms with Crippen LogP contribution in [0.3, 0.4) is 0 Å². The molecule has 2 rings (SSSR count). The van der Waals surface area contributed by atoms with Crippen LogP contribution in [-0.4, -0.2) is 21.6 Å². The van der Waals surface area contributed by atoms with Crippen LogP contribution >= 0.6 is 0 Å². The van der Waals surface area contributed by atoms with Crippen molar-refractivity contribution in [2.24, 2.45) is 7.05 Å². The van der Waals surface area contributed by atoms with E-state index in [1.807, 2.05) is 26.2 Å². The number of aromatic nitrogens is 3. The van der Waals surface area contributed by atoms with Crippen LogP contribution in [0, 0.1) is 6.92 Å². The normalized spacial score (nSPS) is 10.6. The van der Waals surface area contributed by atoms with Crippen molar-refractivity contribution in [3.05, 3.63) is 41.2 Å². The van der Waals surface area contributed by atoms with Gasteiger partial charge >= 0.3 is 0 Å². The Labute approximate surface area is 108 Å². The average molecular weight is 245 g/mol. The van der Waals surface area contributed by atoms with Gasteiger partial charge in [-0.3, -0.25) is 4.68 Å². The molecule has 0 amide bonds. The third kappa shape index (κ3) is 3.09. The van der Waals surface area contributed by atoms with E-state index in [4.69, 9.17) is 4.74 Å². The zero-order valence-corrected chi connectivity index (χ0v) is 11.2. The van der Waals surface area contributed by atoms with Crippen molar-refractivity contribution >= 4 is 0 Å². The highest BCUT2D eigenvalue weighted by molar-refractivity contribution is 5.37. The first-order valence-electron chi connectivity index (χ1n) is 6.26. The molecular formula is C14H19N3O. The van der Waals surface area contributed by atoms with Crippen LogP contribution in [0.1, 0.15) is 23.7 Å². The van der Waals surface area contributed by atoms with E-state index in [9.17, 15) is 0 Å². The molecule has 0 aliphatic heterocycles. The van der Waals surface area contributed by atoms with Crippen LogP contribution in [0.25, 0.3) is 0 Å². The van der Waals surface area contributed by atoms with Gasteiger partial charge in [-0.1, -0.05) is 22.9 Å². The molecule has 4 heteroatoms. The van der Waals surface area contributed by atoms with E-state index in [0.29, 0.717) is 6.61 Å². The largest absolute Gasteiger partial charge is 0.494 e. The van der Waals surface area contributed by atoms with Crippen molar-refractivity contribution in [1.29, 1.82) is 0 Å². The maximum absolute atomic E-state index is 5.64. The summed E-state index contributed by atoms with van der Waals surface area (Å²) in [4.78, 5) is 0. The van der Waals surface area contributed by atoms with E-state index in [-0.39, 0.29) is 0 Å². The Morgan fingerprint density at radius 3 is 2.78 bits per heavy atom. The summed E-state index contributed by atoms with van der Waals surface area (Å²) in [5.41, 5.74) is 3.51. The Morgan fingerprint density at radius 1 is 1.28 bits per heavy atom. The second-order valence-corrected chi connectivity index (χ2v) is 4.43. The summed E-state index contributed by atoms with van der Waals surface area (Å²) in [6, 6.07) is 6.31. The minimum Gasteiger partial charge on any atom is -0.494 e. The summed E-state index contributed by atoms with van der Waals surface area (Å²) in [6.45, 7) is 4.80. The maximum atomic E-state index is 5.64. The first-order chi connectivity index (χ1) is 8.69. The van der Waals surface area contributed by atoms with E-state index in [1.165, 1.54) is 11.1 Å².